The summed E-state index contributed by atoms with van der Waals surface area (Å²) in [6.45, 7) is 0. The molecule has 0 saturated heterocycles. The van der Waals surface area contributed by atoms with Crippen LogP contribution in [0.4, 0.5) is 4.39 Å². The molecule has 0 bridgehead atoms. The van der Waals surface area contributed by atoms with E-state index in [-0.39, 0.29) is 21.5 Å². The van der Waals surface area contributed by atoms with E-state index in [1.54, 1.807) is 0 Å². The molecule has 86 valence electrons. The van der Waals surface area contributed by atoms with Crippen LogP contribution in [0.25, 0.3) is 0 Å². The van der Waals surface area contributed by atoms with Gasteiger partial charge >= 0.3 is 0 Å². The summed E-state index contributed by atoms with van der Waals surface area (Å²) in [5.74, 6) is -0.906. The molecule has 2 nitrogen and oxygen atoms in total. The Balaban J connectivity index is 2.47. The van der Waals surface area contributed by atoms with Crippen LogP contribution in [0.1, 0.15) is 15.9 Å². The largest absolute Gasteiger partial charge is 0.289 e. The number of benzene rings is 1. The lowest BCUT2D eigenvalue weighted by atomic mass is 10.0. The summed E-state index contributed by atoms with van der Waals surface area (Å²) < 4.78 is 13.1. The van der Waals surface area contributed by atoms with Crippen LogP contribution in [0.3, 0.4) is 0 Å². The summed E-state index contributed by atoms with van der Waals surface area (Å²) in [7, 11) is 0. The number of aromatic nitrogens is 1. The zero-order valence-electron chi connectivity index (χ0n) is 8.45. The Morgan fingerprint density at radius 1 is 1.18 bits per heavy atom. The standard InChI is InChI=1S/C12H6Cl2FNO/c13-10-2-1-8(15)6-9(10)12(17)7-3-4-16-11(14)5-7/h1-6H. The molecule has 0 radical (unpaired) electrons. The second kappa shape index (κ2) is 4.82. The van der Waals surface area contributed by atoms with Crippen molar-refractivity contribution in [1.82, 2.24) is 4.98 Å². The summed E-state index contributed by atoms with van der Waals surface area (Å²) in [6, 6.07) is 6.53. The topological polar surface area (TPSA) is 30.0 Å². The fourth-order valence-electron chi connectivity index (χ4n) is 1.37. The lowest BCUT2D eigenvalue weighted by Gasteiger charge is -2.03. The van der Waals surface area contributed by atoms with E-state index < -0.39 is 5.82 Å². The Hall–Kier alpha value is -1.45. The van der Waals surface area contributed by atoms with Gasteiger partial charge in [-0.15, -0.1) is 0 Å². The van der Waals surface area contributed by atoms with Gasteiger partial charge in [-0.3, -0.25) is 4.79 Å². The van der Waals surface area contributed by atoms with Crippen LogP contribution in [0.15, 0.2) is 36.5 Å². The molecule has 0 aliphatic heterocycles. The molecule has 0 atom stereocenters. The lowest BCUT2D eigenvalue weighted by Crippen LogP contribution is -2.03. The Morgan fingerprint density at radius 2 is 1.94 bits per heavy atom. The number of halogens is 3. The van der Waals surface area contributed by atoms with E-state index in [4.69, 9.17) is 23.2 Å². The number of nitrogens with zero attached hydrogens (tertiary/aromatic N) is 1. The lowest BCUT2D eigenvalue weighted by molar-refractivity contribution is 0.103. The minimum absolute atomic E-state index is 0.105. The summed E-state index contributed by atoms with van der Waals surface area (Å²) in [5.41, 5.74) is 0.423. The number of ketones is 1. The maximum absolute atomic E-state index is 13.1. The molecule has 0 aliphatic rings. The zero-order valence-corrected chi connectivity index (χ0v) is 9.97. The van der Waals surface area contributed by atoms with Gasteiger partial charge in [0.1, 0.15) is 11.0 Å². The van der Waals surface area contributed by atoms with Crippen molar-refractivity contribution >= 4 is 29.0 Å². The molecule has 2 rings (SSSR count). The molecule has 2 aromatic rings. The van der Waals surface area contributed by atoms with Gasteiger partial charge in [-0.05, 0) is 30.3 Å². The van der Waals surface area contributed by atoms with E-state index in [0.717, 1.165) is 6.07 Å². The average molecular weight is 270 g/mol. The van der Waals surface area contributed by atoms with Crippen LogP contribution in [-0.2, 0) is 0 Å². The van der Waals surface area contributed by atoms with Crippen molar-refractivity contribution in [2.45, 2.75) is 0 Å². The van der Waals surface area contributed by atoms with Crippen molar-refractivity contribution in [2.75, 3.05) is 0 Å². The van der Waals surface area contributed by atoms with Gasteiger partial charge in [-0.25, -0.2) is 9.37 Å². The maximum atomic E-state index is 13.1. The number of carbonyl (C=O) groups is 1. The molecule has 0 amide bonds. The van der Waals surface area contributed by atoms with E-state index >= 15 is 0 Å². The SMILES string of the molecule is O=C(c1ccnc(Cl)c1)c1cc(F)ccc1Cl. The number of hydrogen-bond acceptors (Lipinski definition) is 2. The van der Waals surface area contributed by atoms with Crippen LogP contribution < -0.4 is 0 Å². The number of hydrogen-bond donors (Lipinski definition) is 0. The van der Waals surface area contributed by atoms with Crippen molar-refractivity contribution in [3.63, 3.8) is 0 Å². The Bertz CT molecular complexity index is 586. The highest BCUT2D eigenvalue weighted by Gasteiger charge is 2.14. The first kappa shape index (κ1) is 12.0. The maximum Gasteiger partial charge on any atom is 0.194 e. The minimum atomic E-state index is -0.516. The summed E-state index contributed by atoms with van der Waals surface area (Å²) in [6.07, 6.45) is 1.41. The molecule has 1 aromatic heterocycles. The fourth-order valence-corrected chi connectivity index (χ4v) is 1.75. The first-order valence-electron chi connectivity index (χ1n) is 4.69. The normalized spacial score (nSPS) is 10.3. The van der Waals surface area contributed by atoms with Crippen molar-refractivity contribution < 1.29 is 9.18 Å². The van der Waals surface area contributed by atoms with Crippen molar-refractivity contribution in [1.29, 1.82) is 0 Å². The first-order chi connectivity index (χ1) is 8.08. The van der Waals surface area contributed by atoms with E-state index in [1.165, 1.54) is 30.5 Å². The van der Waals surface area contributed by atoms with Gasteiger partial charge < -0.3 is 0 Å². The van der Waals surface area contributed by atoms with Crippen molar-refractivity contribution in [3.8, 4) is 0 Å². The smallest absolute Gasteiger partial charge is 0.194 e. The zero-order chi connectivity index (χ0) is 12.4. The predicted octanol–water partition coefficient (Wildman–Crippen LogP) is 3.76. The third-order valence-electron chi connectivity index (χ3n) is 2.16. The molecule has 0 saturated carbocycles. The van der Waals surface area contributed by atoms with Crippen molar-refractivity contribution in [2.24, 2.45) is 0 Å². The van der Waals surface area contributed by atoms with Gasteiger partial charge in [0.15, 0.2) is 5.78 Å². The minimum Gasteiger partial charge on any atom is -0.289 e. The molecule has 0 unspecified atom stereocenters. The fraction of sp³-hybridized carbons (Fsp3) is 0. The third-order valence-corrected chi connectivity index (χ3v) is 2.70. The molecular formula is C12H6Cl2FNO. The Morgan fingerprint density at radius 3 is 2.65 bits per heavy atom. The van der Waals surface area contributed by atoms with Gasteiger partial charge in [-0.1, -0.05) is 23.2 Å². The van der Waals surface area contributed by atoms with Gasteiger partial charge in [-0.2, -0.15) is 0 Å². The highest BCUT2D eigenvalue weighted by molar-refractivity contribution is 6.35. The van der Waals surface area contributed by atoms with Crippen molar-refractivity contribution in [3.05, 3.63) is 63.6 Å². The number of carbonyl (C=O) groups excluding carboxylic acids is 1. The molecule has 1 aromatic carbocycles. The van der Waals surface area contributed by atoms with Gasteiger partial charge in [0, 0.05) is 17.3 Å². The highest BCUT2D eigenvalue weighted by atomic mass is 35.5. The van der Waals surface area contributed by atoms with Crippen LogP contribution in [0.5, 0.6) is 0 Å². The van der Waals surface area contributed by atoms with E-state index in [2.05, 4.69) is 4.98 Å². The summed E-state index contributed by atoms with van der Waals surface area (Å²) in [5, 5.41) is 0.396. The van der Waals surface area contributed by atoms with Crippen LogP contribution in [-0.4, -0.2) is 10.8 Å². The monoisotopic (exact) mass is 269 g/mol. The molecule has 0 fully saturated rings. The second-order valence-electron chi connectivity index (χ2n) is 3.32. The van der Waals surface area contributed by atoms with Crippen LogP contribution in [0, 0.1) is 5.82 Å². The summed E-state index contributed by atoms with van der Waals surface area (Å²) in [4.78, 5) is 15.8. The molecule has 0 spiro atoms. The molecule has 0 aliphatic carbocycles. The highest BCUT2D eigenvalue weighted by Crippen LogP contribution is 2.21. The second-order valence-corrected chi connectivity index (χ2v) is 4.11. The van der Waals surface area contributed by atoms with Crippen LogP contribution in [0.2, 0.25) is 10.2 Å². The molecule has 5 heteroatoms. The van der Waals surface area contributed by atoms with Gasteiger partial charge in [0.2, 0.25) is 0 Å². The van der Waals surface area contributed by atoms with Crippen LogP contribution >= 0.6 is 23.2 Å². The quantitative estimate of drug-likeness (QED) is 0.614. The average Bonchev–Trinajstić information content (AvgIpc) is 2.31. The van der Waals surface area contributed by atoms with E-state index in [0.29, 0.717) is 5.56 Å². The number of rotatable bonds is 2. The summed E-state index contributed by atoms with van der Waals surface area (Å²) >= 11 is 11.5. The first-order valence-corrected chi connectivity index (χ1v) is 5.45. The molecule has 17 heavy (non-hydrogen) atoms. The molecule has 0 N–H and O–H groups in total. The van der Waals surface area contributed by atoms with E-state index in [1.807, 2.05) is 0 Å². The van der Waals surface area contributed by atoms with Gasteiger partial charge in [0.05, 0.1) is 5.02 Å². The Kier molecular flexibility index (Phi) is 3.41. The molecule has 1 heterocycles. The van der Waals surface area contributed by atoms with Gasteiger partial charge in [0.25, 0.3) is 0 Å². The Labute approximate surface area is 107 Å². The molecular weight excluding hydrogens is 264 g/mol. The third kappa shape index (κ3) is 2.62. The van der Waals surface area contributed by atoms with E-state index in [9.17, 15) is 9.18 Å². The predicted molar refractivity (Wildman–Crippen MR) is 64.1 cm³/mol. The number of pyridine rings is 1.